The van der Waals surface area contributed by atoms with Crippen molar-refractivity contribution in [2.24, 2.45) is 0 Å². The Kier molecular flexibility index (Phi) is 3.28. The van der Waals surface area contributed by atoms with E-state index in [1.54, 1.807) is 0 Å². The maximum atomic E-state index is 10.9. The zero-order valence-corrected chi connectivity index (χ0v) is 7.32. The molecule has 70 valence electrons. The first-order valence-corrected chi connectivity index (χ1v) is 3.99. The van der Waals surface area contributed by atoms with Crippen LogP contribution in [0.15, 0.2) is 30.3 Å². The van der Waals surface area contributed by atoms with Crippen LogP contribution in [-0.4, -0.2) is 17.1 Å². The second-order valence-electron chi connectivity index (χ2n) is 2.66. The molecule has 1 aromatic rings. The molecule has 0 aliphatic rings. The highest BCUT2D eigenvalue weighted by molar-refractivity contribution is 5.81. The Labute approximate surface area is 76.6 Å². The molecule has 0 bridgehead atoms. The zero-order chi connectivity index (χ0) is 9.68. The van der Waals surface area contributed by atoms with Gasteiger partial charge in [0.05, 0.1) is 5.69 Å². The average Bonchev–Trinajstić information content (AvgIpc) is 2.15. The van der Waals surface area contributed by atoms with Gasteiger partial charge in [-0.15, -0.1) is 0 Å². The molecule has 4 nitrogen and oxygen atoms in total. The number of rotatable bonds is 3. The van der Waals surface area contributed by atoms with Crippen LogP contribution in [0.2, 0.25) is 0 Å². The molecule has 1 rings (SSSR count). The number of amides is 1. The van der Waals surface area contributed by atoms with Crippen LogP contribution in [0.4, 0.5) is 5.69 Å². The normalized spacial score (nSPS) is 11.8. The van der Waals surface area contributed by atoms with Gasteiger partial charge in [-0.25, -0.2) is 0 Å². The largest absolute Gasteiger partial charge is 0.383 e. The molecule has 0 fully saturated rings. The number of hydrazine groups is 1. The quantitative estimate of drug-likeness (QED) is 0.594. The number of hydrogen-bond acceptors (Lipinski definition) is 3. The zero-order valence-electron chi connectivity index (χ0n) is 7.32. The van der Waals surface area contributed by atoms with Crippen molar-refractivity contribution in [3.8, 4) is 0 Å². The number of carbonyl (C=O) groups excluding carboxylic acids is 1. The van der Waals surface area contributed by atoms with Crippen molar-refractivity contribution in [1.82, 2.24) is 5.43 Å². The summed E-state index contributed by atoms with van der Waals surface area (Å²) in [6.45, 7) is 1.40. The first kappa shape index (κ1) is 9.54. The van der Waals surface area contributed by atoms with Gasteiger partial charge >= 0.3 is 0 Å². The number of nitrogens with one attached hydrogen (secondary N) is 2. The number of anilines is 1. The van der Waals surface area contributed by atoms with Crippen LogP contribution in [0.3, 0.4) is 0 Å². The summed E-state index contributed by atoms with van der Waals surface area (Å²) in [6.07, 6.45) is -1.00. The number of para-hydroxylation sites is 1. The molecule has 3 N–H and O–H groups in total. The van der Waals surface area contributed by atoms with Crippen molar-refractivity contribution >= 4 is 11.6 Å². The van der Waals surface area contributed by atoms with Gasteiger partial charge in [-0.05, 0) is 19.1 Å². The third kappa shape index (κ3) is 3.13. The van der Waals surface area contributed by atoms with Crippen molar-refractivity contribution in [3.05, 3.63) is 30.3 Å². The van der Waals surface area contributed by atoms with Crippen LogP contribution in [0.5, 0.6) is 0 Å². The number of aliphatic hydroxyl groups excluding tert-OH is 1. The van der Waals surface area contributed by atoms with Gasteiger partial charge in [0.1, 0.15) is 6.10 Å². The summed E-state index contributed by atoms with van der Waals surface area (Å²) < 4.78 is 0. The topological polar surface area (TPSA) is 61.4 Å². The van der Waals surface area contributed by atoms with Gasteiger partial charge in [-0.2, -0.15) is 0 Å². The molecule has 0 unspecified atom stereocenters. The van der Waals surface area contributed by atoms with E-state index in [0.29, 0.717) is 0 Å². The Morgan fingerprint density at radius 1 is 1.38 bits per heavy atom. The van der Waals surface area contributed by atoms with Crippen LogP contribution >= 0.6 is 0 Å². The van der Waals surface area contributed by atoms with Crippen LogP contribution in [0.25, 0.3) is 0 Å². The Balaban J connectivity index is 2.40. The van der Waals surface area contributed by atoms with E-state index in [0.717, 1.165) is 5.69 Å². The van der Waals surface area contributed by atoms with E-state index in [9.17, 15) is 4.79 Å². The molecule has 0 saturated heterocycles. The Bertz CT molecular complexity index is 272. The molecule has 0 aromatic heterocycles. The summed E-state index contributed by atoms with van der Waals surface area (Å²) in [7, 11) is 0. The number of carbonyl (C=O) groups is 1. The van der Waals surface area contributed by atoms with Crippen molar-refractivity contribution < 1.29 is 9.90 Å². The lowest BCUT2D eigenvalue weighted by Gasteiger charge is -2.09. The SMILES string of the molecule is C[C@H](O)C(=O)NNc1ccccc1. The smallest absolute Gasteiger partial charge is 0.266 e. The number of benzene rings is 1. The Hall–Kier alpha value is -1.55. The second kappa shape index (κ2) is 4.47. The third-order valence-electron chi connectivity index (χ3n) is 1.48. The monoisotopic (exact) mass is 180 g/mol. The Morgan fingerprint density at radius 3 is 2.54 bits per heavy atom. The Morgan fingerprint density at radius 2 is 2.00 bits per heavy atom. The summed E-state index contributed by atoms with van der Waals surface area (Å²) in [5.41, 5.74) is 5.80. The van der Waals surface area contributed by atoms with E-state index < -0.39 is 12.0 Å². The second-order valence-corrected chi connectivity index (χ2v) is 2.66. The fourth-order valence-electron chi connectivity index (χ4n) is 0.760. The lowest BCUT2D eigenvalue weighted by Crippen LogP contribution is -2.36. The van der Waals surface area contributed by atoms with Crippen molar-refractivity contribution in [2.75, 3.05) is 5.43 Å². The van der Waals surface area contributed by atoms with Gasteiger partial charge in [0.25, 0.3) is 5.91 Å². The van der Waals surface area contributed by atoms with Gasteiger partial charge < -0.3 is 5.11 Å². The van der Waals surface area contributed by atoms with Gasteiger partial charge in [0.15, 0.2) is 0 Å². The molecule has 0 radical (unpaired) electrons. The predicted octanol–water partition coefficient (Wildman–Crippen LogP) is 0.510. The highest BCUT2D eigenvalue weighted by Gasteiger charge is 2.06. The van der Waals surface area contributed by atoms with Gasteiger partial charge in [-0.3, -0.25) is 15.6 Å². The van der Waals surface area contributed by atoms with Gasteiger partial charge in [-0.1, -0.05) is 18.2 Å². The average molecular weight is 180 g/mol. The van der Waals surface area contributed by atoms with Crippen LogP contribution in [0, 0.1) is 0 Å². The van der Waals surface area contributed by atoms with Crippen LogP contribution < -0.4 is 10.9 Å². The minimum Gasteiger partial charge on any atom is -0.383 e. The predicted molar refractivity (Wildman–Crippen MR) is 49.9 cm³/mol. The maximum Gasteiger partial charge on any atom is 0.266 e. The van der Waals surface area contributed by atoms with Gasteiger partial charge in [0.2, 0.25) is 0 Å². The van der Waals surface area contributed by atoms with E-state index in [-0.39, 0.29) is 0 Å². The minimum atomic E-state index is -1.00. The van der Waals surface area contributed by atoms with E-state index in [1.165, 1.54) is 6.92 Å². The lowest BCUT2D eigenvalue weighted by molar-refractivity contribution is -0.127. The molecule has 1 amide bonds. The lowest BCUT2D eigenvalue weighted by atomic mass is 10.3. The molecule has 0 heterocycles. The number of aliphatic hydroxyl groups is 1. The molecule has 0 aliphatic carbocycles. The van der Waals surface area contributed by atoms with Crippen molar-refractivity contribution in [3.63, 3.8) is 0 Å². The fourth-order valence-corrected chi connectivity index (χ4v) is 0.760. The molecular formula is C9H12N2O2. The molecule has 0 spiro atoms. The fraction of sp³-hybridized carbons (Fsp3) is 0.222. The van der Waals surface area contributed by atoms with E-state index in [1.807, 2.05) is 30.3 Å². The summed E-state index contributed by atoms with van der Waals surface area (Å²) >= 11 is 0. The minimum absolute atomic E-state index is 0.455. The third-order valence-corrected chi connectivity index (χ3v) is 1.48. The molecule has 13 heavy (non-hydrogen) atoms. The van der Waals surface area contributed by atoms with Crippen molar-refractivity contribution in [2.45, 2.75) is 13.0 Å². The molecule has 0 aliphatic heterocycles. The standard InChI is InChI=1S/C9H12N2O2/c1-7(12)9(13)11-10-8-5-3-2-4-6-8/h2-7,10,12H,1H3,(H,11,13)/t7-/m0/s1. The molecule has 0 saturated carbocycles. The summed E-state index contributed by atoms with van der Waals surface area (Å²) in [6, 6.07) is 9.18. The molecule has 4 heteroatoms. The molecule has 1 aromatic carbocycles. The van der Waals surface area contributed by atoms with Crippen LogP contribution in [-0.2, 0) is 4.79 Å². The highest BCUT2D eigenvalue weighted by Crippen LogP contribution is 2.02. The highest BCUT2D eigenvalue weighted by atomic mass is 16.3. The van der Waals surface area contributed by atoms with E-state index >= 15 is 0 Å². The van der Waals surface area contributed by atoms with E-state index in [4.69, 9.17) is 5.11 Å². The summed E-state index contributed by atoms with van der Waals surface area (Å²) in [5, 5.41) is 8.85. The number of hydrogen-bond donors (Lipinski definition) is 3. The summed E-state index contributed by atoms with van der Waals surface area (Å²) in [4.78, 5) is 10.9. The first-order chi connectivity index (χ1) is 6.20. The van der Waals surface area contributed by atoms with Gasteiger partial charge in [0, 0.05) is 0 Å². The molecule has 1 atom stereocenters. The first-order valence-electron chi connectivity index (χ1n) is 3.99. The molecular weight excluding hydrogens is 168 g/mol. The van der Waals surface area contributed by atoms with Crippen LogP contribution in [0.1, 0.15) is 6.92 Å². The maximum absolute atomic E-state index is 10.9. The van der Waals surface area contributed by atoms with E-state index in [2.05, 4.69) is 10.9 Å². The summed E-state index contributed by atoms with van der Waals surface area (Å²) in [5.74, 6) is -0.455. The van der Waals surface area contributed by atoms with Crippen molar-refractivity contribution in [1.29, 1.82) is 0 Å².